The Balaban J connectivity index is 1.43. The van der Waals surface area contributed by atoms with Gasteiger partial charge in [-0.2, -0.15) is 0 Å². The Morgan fingerprint density at radius 3 is 2.11 bits per heavy atom. The summed E-state index contributed by atoms with van der Waals surface area (Å²) in [6.45, 7) is 2.10. The Bertz CT molecular complexity index is 2610. The molecule has 6 heteroatoms. The summed E-state index contributed by atoms with van der Waals surface area (Å²) in [4.78, 5) is 4.61. The van der Waals surface area contributed by atoms with Gasteiger partial charge in [0, 0.05) is 70.2 Å². The molecule has 0 spiro atoms. The Morgan fingerprint density at radius 2 is 1.28 bits per heavy atom. The minimum Gasteiger partial charge on any atom is -0.349 e. The lowest BCUT2D eigenvalue weighted by Gasteiger charge is -2.44. The summed E-state index contributed by atoms with van der Waals surface area (Å²) >= 11 is 0. The van der Waals surface area contributed by atoms with Crippen molar-refractivity contribution in [2.75, 3.05) is 9.80 Å². The number of benzene rings is 6. The molecule has 224 valence electrons. The van der Waals surface area contributed by atoms with Crippen molar-refractivity contribution in [3.05, 3.63) is 139 Å². The lowest BCUT2D eigenvalue weighted by Crippen LogP contribution is -2.61. The van der Waals surface area contributed by atoms with E-state index in [1.165, 1.54) is 60.3 Å². The van der Waals surface area contributed by atoms with E-state index < -0.39 is 0 Å². The molecular weight excluding hydrogens is 578 g/mol. The van der Waals surface area contributed by atoms with Crippen LogP contribution in [0.15, 0.2) is 128 Å². The van der Waals surface area contributed by atoms with Crippen LogP contribution >= 0.6 is 0 Å². The third kappa shape index (κ3) is 3.37. The van der Waals surface area contributed by atoms with E-state index >= 15 is 4.39 Å². The number of hydrogen-bond donors (Lipinski definition) is 0. The molecule has 10 rings (SSSR count). The van der Waals surface area contributed by atoms with E-state index in [1.807, 2.05) is 12.1 Å². The van der Waals surface area contributed by atoms with Gasteiger partial charge in [0.05, 0.1) is 16.9 Å². The minimum absolute atomic E-state index is 0.0803. The number of anilines is 6. The number of aromatic nitrogens is 2. The molecule has 2 aromatic heterocycles. The molecule has 4 heterocycles. The van der Waals surface area contributed by atoms with Gasteiger partial charge >= 0.3 is 0 Å². The van der Waals surface area contributed by atoms with Gasteiger partial charge in [-0.15, -0.1) is 0 Å². The number of fused-ring (bicyclic) bond motifs is 10. The van der Waals surface area contributed by atoms with Crippen LogP contribution < -0.4 is 26.2 Å². The molecule has 4 nitrogen and oxygen atoms in total. The average molecular weight is 609 g/mol. The highest BCUT2D eigenvalue weighted by molar-refractivity contribution is 7.02. The monoisotopic (exact) mass is 608 g/mol. The molecule has 6 aromatic carbocycles. The lowest BCUT2D eigenvalue weighted by molar-refractivity contribution is 0.629. The highest BCUT2D eigenvalue weighted by Crippen LogP contribution is 2.48. The first-order chi connectivity index (χ1) is 23.0. The van der Waals surface area contributed by atoms with Gasteiger partial charge in [0.15, 0.2) is 0 Å². The number of halogens is 1. The fourth-order valence-electron chi connectivity index (χ4n) is 8.49. The fourth-order valence-corrected chi connectivity index (χ4v) is 8.49. The third-order valence-corrected chi connectivity index (χ3v) is 10.5. The molecule has 0 atom stereocenters. The van der Waals surface area contributed by atoms with Crippen molar-refractivity contribution in [1.82, 2.24) is 9.13 Å². The molecule has 0 saturated carbocycles. The molecule has 2 aliphatic rings. The second kappa shape index (κ2) is 9.40. The summed E-state index contributed by atoms with van der Waals surface area (Å²) in [5.74, 6) is -0.245. The third-order valence-electron chi connectivity index (χ3n) is 10.5. The number of rotatable bonds is 2. The molecule has 0 N–H and O–H groups in total. The van der Waals surface area contributed by atoms with Crippen molar-refractivity contribution in [3.63, 3.8) is 0 Å². The molecular formula is C41H30BFN4. The molecule has 0 aliphatic carbocycles. The van der Waals surface area contributed by atoms with Crippen LogP contribution in [-0.2, 0) is 14.1 Å². The van der Waals surface area contributed by atoms with Crippen LogP contribution in [0.4, 0.5) is 38.5 Å². The maximum Gasteiger partial charge on any atom is 0.253 e. The zero-order valence-corrected chi connectivity index (χ0v) is 26.4. The van der Waals surface area contributed by atoms with Crippen LogP contribution in [0, 0.1) is 12.7 Å². The molecule has 0 amide bonds. The van der Waals surface area contributed by atoms with Gasteiger partial charge in [-0.3, -0.25) is 0 Å². The van der Waals surface area contributed by atoms with Crippen LogP contribution in [0.2, 0.25) is 0 Å². The normalized spacial score (nSPS) is 13.4. The maximum absolute atomic E-state index is 16.0. The quantitative estimate of drug-likeness (QED) is 0.184. The van der Waals surface area contributed by atoms with Gasteiger partial charge in [0.25, 0.3) is 6.71 Å². The van der Waals surface area contributed by atoms with Crippen LogP contribution in [-0.4, -0.2) is 15.8 Å². The summed E-state index contributed by atoms with van der Waals surface area (Å²) in [5.41, 5.74) is 14.4. The van der Waals surface area contributed by atoms with Crippen molar-refractivity contribution in [2.24, 2.45) is 14.1 Å². The smallest absolute Gasteiger partial charge is 0.253 e. The van der Waals surface area contributed by atoms with Crippen LogP contribution in [0.5, 0.6) is 0 Å². The zero-order chi connectivity index (χ0) is 31.6. The second-order valence-corrected chi connectivity index (χ2v) is 12.9. The molecule has 0 bridgehead atoms. The summed E-state index contributed by atoms with van der Waals surface area (Å²) in [6, 6.07) is 42.2. The van der Waals surface area contributed by atoms with E-state index in [0.29, 0.717) is 5.69 Å². The predicted molar refractivity (Wildman–Crippen MR) is 196 cm³/mol. The Hall–Kier alpha value is -5.75. The second-order valence-electron chi connectivity index (χ2n) is 12.9. The Morgan fingerprint density at radius 1 is 0.574 bits per heavy atom. The molecule has 47 heavy (non-hydrogen) atoms. The molecule has 0 saturated heterocycles. The van der Waals surface area contributed by atoms with Crippen LogP contribution in [0.1, 0.15) is 5.56 Å². The number of hydrogen-bond acceptors (Lipinski definition) is 2. The number of aryl methyl sites for hydroxylation is 3. The molecule has 0 radical (unpaired) electrons. The van der Waals surface area contributed by atoms with Gasteiger partial charge in [-0.25, -0.2) is 4.39 Å². The van der Waals surface area contributed by atoms with Crippen molar-refractivity contribution in [2.45, 2.75) is 6.92 Å². The van der Waals surface area contributed by atoms with E-state index in [-0.39, 0.29) is 12.5 Å². The van der Waals surface area contributed by atoms with E-state index in [4.69, 9.17) is 0 Å². The first kappa shape index (κ1) is 26.5. The first-order valence-electron chi connectivity index (χ1n) is 16.1. The van der Waals surface area contributed by atoms with E-state index in [9.17, 15) is 0 Å². The van der Waals surface area contributed by atoms with E-state index in [1.54, 1.807) is 12.1 Å². The lowest BCUT2D eigenvalue weighted by atomic mass is 9.33. The van der Waals surface area contributed by atoms with Gasteiger partial charge < -0.3 is 18.9 Å². The van der Waals surface area contributed by atoms with Crippen molar-refractivity contribution in [1.29, 1.82) is 0 Å². The van der Waals surface area contributed by atoms with Gasteiger partial charge in [0.1, 0.15) is 5.82 Å². The van der Waals surface area contributed by atoms with Gasteiger partial charge in [-0.05, 0) is 83.5 Å². The van der Waals surface area contributed by atoms with Gasteiger partial charge in [0.2, 0.25) is 0 Å². The number of para-hydroxylation sites is 3. The zero-order valence-electron chi connectivity index (χ0n) is 26.4. The number of nitrogens with zero attached hydrogens (tertiary/aromatic N) is 4. The summed E-state index contributed by atoms with van der Waals surface area (Å²) in [5, 5.41) is 3.63. The molecule has 0 fully saturated rings. The summed E-state index contributed by atoms with van der Waals surface area (Å²) in [7, 11) is 4.29. The summed E-state index contributed by atoms with van der Waals surface area (Å²) in [6.07, 6.45) is 2.16. The standard InChI is InChI=1S/C41H30BFN4/c1-25-11-4-7-14-30(25)47-35-18-10-17-34-38(35)42(28-20-19-26-23-24-44(2)40(26)41(28)47)39-36(46(34)32-16-9-6-13-29(32)43)22-21-33-37(39)27-12-5-8-15-31(27)45(33)3/h4-24H,1-3H3. The average Bonchev–Trinajstić information content (AvgIpc) is 3.62. The Labute approximate surface area is 272 Å². The van der Waals surface area contributed by atoms with E-state index in [0.717, 1.165) is 22.7 Å². The molecule has 0 unspecified atom stereocenters. The summed E-state index contributed by atoms with van der Waals surface area (Å²) < 4.78 is 20.5. The minimum atomic E-state index is -0.245. The van der Waals surface area contributed by atoms with Crippen molar-refractivity contribution < 1.29 is 4.39 Å². The predicted octanol–water partition coefficient (Wildman–Crippen LogP) is 8.35. The SMILES string of the molecule is Cc1ccccc1N1c2cccc3c2B(c2ccc4ccn(C)c4c21)c1c(ccc2c1c1ccccc1n2C)N3c1ccccc1F. The highest BCUT2D eigenvalue weighted by atomic mass is 19.1. The Kier molecular flexibility index (Phi) is 5.29. The van der Waals surface area contributed by atoms with Crippen molar-refractivity contribution in [3.8, 4) is 0 Å². The maximum atomic E-state index is 16.0. The topological polar surface area (TPSA) is 16.3 Å². The highest BCUT2D eigenvalue weighted by Gasteiger charge is 2.45. The first-order valence-corrected chi connectivity index (χ1v) is 16.1. The van der Waals surface area contributed by atoms with Crippen molar-refractivity contribution >= 4 is 89.9 Å². The largest absolute Gasteiger partial charge is 0.349 e. The van der Waals surface area contributed by atoms with Gasteiger partial charge in [-0.1, -0.05) is 66.7 Å². The molecule has 2 aliphatic heterocycles. The van der Waals surface area contributed by atoms with Crippen LogP contribution in [0.25, 0.3) is 32.7 Å². The van der Waals surface area contributed by atoms with E-state index in [2.05, 4.69) is 143 Å². The van der Waals surface area contributed by atoms with Crippen LogP contribution in [0.3, 0.4) is 0 Å². The molecule has 8 aromatic rings. The fraction of sp³-hybridized carbons (Fsp3) is 0.0732.